The Hall–Kier alpha value is -3.56. The molecule has 3 aromatic carbocycles. The van der Waals surface area contributed by atoms with Gasteiger partial charge in [-0.3, -0.25) is 24.3 Å². The molecule has 1 spiro atoms. The lowest BCUT2D eigenvalue weighted by Crippen LogP contribution is -2.54. The SMILES string of the molecule is CCOc1ccc(N2C(=O)CS[C@]23C(=O)N(CN2CCN(c4ccc(F)cc4)CC2)c2ccccc23)cc1. The molecule has 7 nitrogen and oxygen atoms in total. The van der Waals surface area contributed by atoms with Crippen LogP contribution in [0.25, 0.3) is 0 Å². The Kier molecular flexibility index (Phi) is 6.49. The van der Waals surface area contributed by atoms with E-state index in [0.717, 1.165) is 48.9 Å². The Bertz CT molecular complexity index is 1340. The molecule has 0 unspecified atom stereocenters. The molecule has 2 amide bonds. The number of ether oxygens (including phenoxy) is 1. The fraction of sp³-hybridized carbons (Fsp3) is 0.310. The quantitative estimate of drug-likeness (QED) is 0.472. The molecule has 0 saturated carbocycles. The van der Waals surface area contributed by atoms with E-state index in [1.165, 1.54) is 23.9 Å². The van der Waals surface area contributed by atoms with E-state index in [1.54, 1.807) is 17.0 Å². The zero-order chi connectivity index (χ0) is 26.3. The van der Waals surface area contributed by atoms with Gasteiger partial charge in [0.2, 0.25) is 10.8 Å². The molecular formula is C29H29FN4O3S. The molecule has 3 aliphatic heterocycles. The van der Waals surface area contributed by atoms with Gasteiger partial charge in [-0.05, 0) is 61.5 Å². The largest absolute Gasteiger partial charge is 0.494 e. The van der Waals surface area contributed by atoms with Gasteiger partial charge in [0.05, 0.1) is 24.7 Å². The number of amides is 2. The smallest absolute Gasteiger partial charge is 0.269 e. The summed E-state index contributed by atoms with van der Waals surface area (Å²) >= 11 is 1.39. The second-order valence-electron chi connectivity index (χ2n) is 9.56. The normalized spacial score (nSPS) is 21.5. The van der Waals surface area contributed by atoms with Crippen molar-refractivity contribution in [3.63, 3.8) is 0 Å². The van der Waals surface area contributed by atoms with Crippen LogP contribution in [0.3, 0.4) is 0 Å². The number of halogens is 1. The first-order valence-corrected chi connectivity index (χ1v) is 13.8. The van der Waals surface area contributed by atoms with E-state index < -0.39 is 4.87 Å². The van der Waals surface area contributed by atoms with E-state index in [0.29, 0.717) is 19.0 Å². The van der Waals surface area contributed by atoms with Crippen LogP contribution in [0.4, 0.5) is 21.5 Å². The number of hydrogen-bond acceptors (Lipinski definition) is 6. The number of thioether (sulfide) groups is 1. The number of fused-ring (bicyclic) bond motifs is 2. The fourth-order valence-corrected chi connectivity index (χ4v) is 6.91. The Labute approximate surface area is 225 Å². The van der Waals surface area contributed by atoms with Crippen LogP contribution in [0.5, 0.6) is 5.75 Å². The van der Waals surface area contributed by atoms with Crippen LogP contribution >= 0.6 is 11.8 Å². The minimum Gasteiger partial charge on any atom is -0.494 e. The summed E-state index contributed by atoms with van der Waals surface area (Å²) in [4.78, 5) is 34.4. The zero-order valence-corrected chi connectivity index (χ0v) is 22.0. The van der Waals surface area contributed by atoms with Crippen LogP contribution in [0, 0.1) is 5.82 Å². The molecule has 1 atom stereocenters. The van der Waals surface area contributed by atoms with E-state index in [9.17, 15) is 14.0 Å². The first-order chi connectivity index (χ1) is 18.5. The van der Waals surface area contributed by atoms with E-state index in [1.807, 2.05) is 60.4 Å². The van der Waals surface area contributed by atoms with Gasteiger partial charge < -0.3 is 9.64 Å². The summed E-state index contributed by atoms with van der Waals surface area (Å²) in [5.74, 6) is 0.540. The molecule has 38 heavy (non-hydrogen) atoms. The molecule has 6 rings (SSSR count). The van der Waals surface area contributed by atoms with Gasteiger partial charge >= 0.3 is 0 Å². The molecule has 3 heterocycles. The van der Waals surface area contributed by atoms with Crippen molar-refractivity contribution < 1.29 is 18.7 Å². The standard InChI is InChI=1S/C29H29FN4O3S/c1-2-37-24-13-11-23(12-14-24)34-27(35)19-38-29(34)25-5-3-4-6-26(25)33(28(29)36)20-31-15-17-32(18-16-31)22-9-7-21(30)8-10-22/h3-14H,2,15-20H2,1H3/t29-/m1/s1. The zero-order valence-electron chi connectivity index (χ0n) is 21.2. The molecule has 0 bridgehead atoms. The Morgan fingerprint density at radius 1 is 0.895 bits per heavy atom. The van der Waals surface area contributed by atoms with Crippen molar-refractivity contribution in [2.45, 2.75) is 11.8 Å². The number of hydrogen-bond donors (Lipinski definition) is 0. The number of anilines is 3. The van der Waals surface area contributed by atoms with Crippen molar-refractivity contribution in [2.75, 3.05) is 59.9 Å². The Balaban J connectivity index is 1.25. The number of para-hydroxylation sites is 1. The third-order valence-electron chi connectivity index (χ3n) is 7.38. The van der Waals surface area contributed by atoms with Gasteiger partial charge in [0.1, 0.15) is 11.6 Å². The third-order valence-corrected chi connectivity index (χ3v) is 8.76. The number of nitrogens with zero attached hydrogens (tertiary/aromatic N) is 4. The highest BCUT2D eigenvalue weighted by Gasteiger charge is 2.61. The maximum atomic E-state index is 14.3. The van der Waals surface area contributed by atoms with Gasteiger partial charge in [-0.1, -0.05) is 18.2 Å². The second kappa shape index (κ2) is 9.96. The summed E-state index contributed by atoms with van der Waals surface area (Å²) in [5.41, 5.74) is 3.37. The van der Waals surface area contributed by atoms with Crippen molar-refractivity contribution in [1.82, 2.24) is 4.90 Å². The molecule has 9 heteroatoms. The fourth-order valence-electron chi connectivity index (χ4n) is 5.55. The summed E-state index contributed by atoms with van der Waals surface area (Å²) in [6.45, 7) is 6.03. The maximum absolute atomic E-state index is 14.3. The van der Waals surface area contributed by atoms with Crippen LogP contribution in [0.15, 0.2) is 72.8 Å². The summed E-state index contributed by atoms with van der Waals surface area (Å²) in [6.07, 6.45) is 0. The van der Waals surface area contributed by atoms with Gasteiger partial charge in [0.25, 0.3) is 5.91 Å². The Morgan fingerprint density at radius 3 is 2.29 bits per heavy atom. The van der Waals surface area contributed by atoms with E-state index in [4.69, 9.17) is 4.74 Å². The molecule has 2 saturated heterocycles. The van der Waals surface area contributed by atoms with Crippen molar-refractivity contribution in [1.29, 1.82) is 0 Å². The predicted octanol–water partition coefficient (Wildman–Crippen LogP) is 4.28. The maximum Gasteiger partial charge on any atom is 0.269 e. The van der Waals surface area contributed by atoms with Crippen LogP contribution < -0.4 is 19.4 Å². The molecule has 0 aliphatic carbocycles. The highest BCUT2D eigenvalue weighted by Crippen LogP contribution is 2.55. The molecule has 2 fully saturated rings. The Morgan fingerprint density at radius 2 is 1.58 bits per heavy atom. The lowest BCUT2D eigenvalue weighted by Gasteiger charge is -2.38. The lowest BCUT2D eigenvalue weighted by atomic mass is 10.0. The van der Waals surface area contributed by atoms with Crippen molar-refractivity contribution >= 4 is 40.6 Å². The second-order valence-corrected chi connectivity index (χ2v) is 10.7. The number of carbonyl (C=O) groups is 2. The molecule has 196 valence electrons. The summed E-state index contributed by atoms with van der Waals surface area (Å²) in [5, 5.41) is 0. The minimum atomic E-state index is -1.13. The number of carbonyl (C=O) groups excluding carboxylic acids is 2. The van der Waals surface area contributed by atoms with E-state index in [-0.39, 0.29) is 23.4 Å². The number of benzene rings is 3. The summed E-state index contributed by atoms with van der Waals surface area (Å²) < 4.78 is 18.9. The minimum absolute atomic E-state index is 0.0860. The van der Waals surface area contributed by atoms with Gasteiger partial charge in [-0.2, -0.15) is 0 Å². The highest BCUT2D eigenvalue weighted by atomic mass is 32.2. The van der Waals surface area contributed by atoms with Crippen LogP contribution in [0.1, 0.15) is 12.5 Å². The molecule has 0 N–H and O–H groups in total. The average molecular weight is 533 g/mol. The van der Waals surface area contributed by atoms with Gasteiger partial charge in [0.15, 0.2) is 0 Å². The molecule has 3 aliphatic rings. The average Bonchev–Trinajstić information content (AvgIpc) is 3.41. The van der Waals surface area contributed by atoms with E-state index >= 15 is 0 Å². The molecular weight excluding hydrogens is 503 g/mol. The van der Waals surface area contributed by atoms with Crippen molar-refractivity contribution in [2.24, 2.45) is 0 Å². The van der Waals surface area contributed by atoms with Crippen LogP contribution in [-0.2, 0) is 14.5 Å². The predicted molar refractivity (Wildman–Crippen MR) is 148 cm³/mol. The topological polar surface area (TPSA) is 56.3 Å². The van der Waals surface area contributed by atoms with Crippen LogP contribution in [-0.4, -0.2) is 61.9 Å². The van der Waals surface area contributed by atoms with Gasteiger partial charge in [-0.25, -0.2) is 4.39 Å². The van der Waals surface area contributed by atoms with Gasteiger partial charge in [-0.15, -0.1) is 11.8 Å². The molecule has 0 radical (unpaired) electrons. The first-order valence-electron chi connectivity index (χ1n) is 12.9. The summed E-state index contributed by atoms with van der Waals surface area (Å²) in [6, 6.07) is 21.8. The highest BCUT2D eigenvalue weighted by molar-refractivity contribution is 8.02. The monoisotopic (exact) mass is 532 g/mol. The summed E-state index contributed by atoms with van der Waals surface area (Å²) in [7, 11) is 0. The number of piperazine rings is 1. The molecule has 0 aromatic heterocycles. The van der Waals surface area contributed by atoms with Crippen LogP contribution in [0.2, 0.25) is 0 Å². The third kappa shape index (κ3) is 4.10. The van der Waals surface area contributed by atoms with Gasteiger partial charge in [0, 0.05) is 43.1 Å². The van der Waals surface area contributed by atoms with Crippen molar-refractivity contribution in [3.8, 4) is 5.75 Å². The molecule has 3 aromatic rings. The number of rotatable bonds is 6. The van der Waals surface area contributed by atoms with E-state index in [2.05, 4.69) is 9.80 Å². The lowest BCUT2D eigenvalue weighted by molar-refractivity contribution is -0.124. The van der Waals surface area contributed by atoms with Crippen molar-refractivity contribution in [3.05, 3.63) is 84.2 Å². The first kappa shape index (κ1) is 24.8.